The molecule has 1 fully saturated rings. The summed E-state index contributed by atoms with van der Waals surface area (Å²) in [5.41, 5.74) is 1.62. The zero-order valence-corrected chi connectivity index (χ0v) is 15.9. The van der Waals surface area contributed by atoms with E-state index in [1.807, 2.05) is 4.90 Å². The van der Waals surface area contributed by atoms with Gasteiger partial charge in [-0.3, -0.25) is 9.59 Å². The lowest BCUT2D eigenvalue weighted by Crippen LogP contribution is -2.38. The molecule has 0 saturated carbocycles. The van der Waals surface area contributed by atoms with Crippen LogP contribution in [0.3, 0.4) is 0 Å². The molecule has 2 aliphatic rings. The lowest BCUT2D eigenvalue weighted by atomic mass is 9.98. The third kappa shape index (κ3) is 3.96. The molecule has 0 atom stereocenters. The summed E-state index contributed by atoms with van der Waals surface area (Å²) in [4.78, 5) is 27.3. The largest absolute Gasteiger partial charge is 0.486 e. The molecule has 0 aliphatic carbocycles. The van der Waals surface area contributed by atoms with Crippen molar-refractivity contribution in [3.63, 3.8) is 0 Å². The molecular formula is C22H24N2O4. The number of nitrogens with zero attached hydrogens (tertiary/aromatic N) is 1. The summed E-state index contributed by atoms with van der Waals surface area (Å²) in [6.07, 6.45) is 2.05. The molecule has 28 heavy (non-hydrogen) atoms. The number of carbonyl (C=O) groups is 2. The molecule has 2 aromatic carbocycles. The Bertz CT molecular complexity index is 888. The fraction of sp³-hybridized carbons (Fsp3) is 0.364. The van der Waals surface area contributed by atoms with Gasteiger partial charge in [0, 0.05) is 36.0 Å². The second-order valence-electron chi connectivity index (χ2n) is 7.37. The number of nitrogens with one attached hydrogen (secondary N) is 1. The Hall–Kier alpha value is -3.02. The summed E-state index contributed by atoms with van der Waals surface area (Å²) >= 11 is 0. The summed E-state index contributed by atoms with van der Waals surface area (Å²) in [6, 6.07) is 12.2. The minimum absolute atomic E-state index is 0.0131. The van der Waals surface area contributed by atoms with E-state index in [-0.39, 0.29) is 11.8 Å². The van der Waals surface area contributed by atoms with E-state index in [0.29, 0.717) is 47.4 Å². The zero-order valence-electron chi connectivity index (χ0n) is 15.9. The number of likely N-dealkylation sites (tertiary alicyclic amines) is 1. The molecule has 0 aromatic heterocycles. The quantitative estimate of drug-likeness (QED) is 0.884. The van der Waals surface area contributed by atoms with E-state index >= 15 is 0 Å². The Morgan fingerprint density at radius 1 is 0.964 bits per heavy atom. The van der Waals surface area contributed by atoms with E-state index in [1.54, 1.807) is 42.5 Å². The molecule has 1 N–H and O–H groups in total. The first-order valence-corrected chi connectivity index (χ1v) is 9.70. The molecule has 6 nitrogen and oxygen atoms in total. The standard InChI is InChI=1S/C22H24N2O4/c1-15-7-9-24(10-8-15)22(26)17-4-2-3-16(13-17)21(25)23-18-5-6-19-20(14-18)28-12-11-27-19/h2-6,13-15H,7-12H2,1H3,(H,23,25). The van der Waals surface area contributed by atoms with Crippen LogP contribution in [0.15, 0.2) is 42.5 Å². The predicted molar refractivity (Wildman–Crippen MR) is 106 cm³/mol. The van der Waals surface area contributed by atoms with Crippen molar-refractivity contribution in [2.45, 2.75) is 19.8 Å². The van der Waals surface area contributed by atoms with Gasteiger partial charge in [-0.1, -0.05) is 13.0 Å². The summed E-state index contributed by atoms with van der Waals surface area (Å²) in [6.45, 7) is 4.77. The highest BCUT2D eigenvalue weighted by molar-refractivity contribution is 6.06. The second kappa shape index (κ2) is 7.92. The van der Waals surface area contributed by atoms with Crippen molar-refractivity contribution in [1.82, 2.24) is 4.90 Å². The molecule has 2 amide bonds. The molecule has 0 radical (unpaired) electrons. The fourth-order valence-corrected chi connectivity index (χ4v) is 3.51. The number of benzene rings is 2. The van der Waals surface area contributed by atoms with Crippen LogP contribution in [0.1, 0.15) is 40.5 Å². The number of ether oxygens (including phenoxy) is 2. The van der Waals surface area contributed by atoms with Gasteiger partial charge in [-0.2, -0.15) is 0 Å². The van der Waals surface area contributed by atoms with Crippen LogP contribution in [0.5, 0.6) is 11.5 Å². The smallest absolute Gasteiger partial charge is 0.255 e. The first kappa shape index (κ1) is 18.3. The number of hydrogen-bond donors (Lipinski definition) is 1. The first-order valence-electron chi connectivity index (χ1n) is 9.70. The van der Waals surface area contributed by atoms with Crippen LogP contribution in [0.2, 0.25) is 0 Å². The van der Waals surface area contributed by atoms with Crippen LogP contribution in [0, 0.1) is 5.92 Å². The molecule has 2 aliphatic heterocycles. The van der Waals surface area contributed by atoms with E-state index in [9.17, 15) is 9.59 Å². The van der Waals surface area contributed by atoms with Crippen molar-refractivity contribution in [2.24, 2.45) is 5.92 Å². The first-order chi connectivity index (χ1) is 13.6. The van der Waals surface area contributed by atoms with Gasteiger partial charge >= 0.3 is 0 Å². The third-order valence-corrected chi connectivity index (χ3v) is 5.24. The number of fused-ring (bicyclic) bond motifs is 1. The van der Waals surface area contributed by atoms with Gasteiger partial charge in [0.15, 0.2) is 11.5 Å². The van der Waals surface area contributed by atoms with E-state index in [2.05, 4.69) is 12.2 Å². The fourth-order valence-electron chi connectivity index (χ4n) is 3.51. The molecular weight excluding hydrogens is 356 g/mol. The average Bonchev–Trinajstić information content (AvgIpc) is 2.74. The van der Waals surface area contributed by atoms with E-state index in [4.69, 9.17) is 9.47 Å². The minimum Gasteiger partial charge on any atom is -0.486 e. The van der Waals surface area contributed by atoms with Crippen LogP contribution in [-0.4, -0.2) is 43.0 Å². The summed E-state index contributed by atoms with van der Waals surface area (Å²) in [7, 11) is 0. The molecule has 4 rings (SSSR count). The van der Waals surface area contributed by atoms with E-state index in [1.165, 1.54) is 0 Å². The highest BCUT2D eigenvalue weighted by Gasteiger charge is 2.22. The van der Waals surface area contributed by atoms with Crippen molar-refractivity contribution in [3.8, 4) is 11.5 Å². The summed E-state index contributed by atoms with van der Waals surface area (Å²) in [5.74, 6) is 1.67. The Kier molecular flexibility index (Phi) is 5.19. The van der Waals surface area contributed by atoms with Crippen LogP contribution >= 0.6 is 0 Å². The molecule has 2 heterocycles. The van der Waals surface area contributed by atoms with Crippen molar-refractivity contribution < 1.29 is 19.1 Å². The average molecular weight is 380 g/mol. The van der Waals surface area contributed by atoms with Crippen molar-refractivity contribution >= 4 is 17.5 Å². The molecule has 0 unspecified atom stereocenters. The van der Waals surface area contributed by atoms with Gasteiger partial charge in [-0.15, -0.1) is 0 Å². The van der Waals surface area contributed by atoms with Crippen molar-refractivity contribution in [1.29, 1.82) is 0 Å². The van der Waals surface area contributed by atoms with Crippen LogP contribution in [-0.2, 0) is 0 Å². The van der Waals surface area contributed by atoms with Crippen LogP contribution < -0.4 is 14.8 Å². The second-order valence-corrected chi connectivity index (χ2v) is 7.37. The number of anilines is 1. The minimum atomic E-state index is -0.265. The summed E-state index contributed by atoms with van der Waals surface area (Å²) < 4.78 is 11.0. The van der Waals surface area contributed by atoms with Gasteiger partial charge in [-0.25, -0.2) is 0 Å². The molecule has 6 heteroatoms. The third-order valence-electron chi connectivity index (χ3n) is 5.24. The zero-order chi connectivity index (χ0) is 19.5. The predicted octanol–water partition coefficient (Wildman–Crippen LogP) is 3.58. The van der Waals surface area contributed by atoms with Gasteiger partial charge < -0.3 is 19.7 Å². The topological polar surface area (TPSA) is 67.9 Å². The van der Waals surface area contributed by atoms with Gasteiger partial charge in [0.25, 0.3) is 11.8 Å². The highest BCUT2D eigenvalue weighted by Crippen LogP contribution is 2.32. The van der Waals surface area contributed by atoms with Crippen LogP contribution in [0.25, 0.3) is 0 Å². The maximum absolute atomic E-state index is 12.8. The Morgan fingerprint density at radius 2 is 1.68 bits per heavy atom. The Labute approximate surface area is 164 Å². The maximum atomic E-state index is 12.8. The van der Waals surface area contributed by atoms with Crippen molar-refractivity contribution in [3.05, 3.63) is 53.6 Å². The Balaban J connectivity index is 1.46. The van der Waals surface area contributed by atoms with E-state index in [0.717, 1.165) is 25.9 Å². The maximum Gasteiger partial charge on any atom is 0.255 e. The molecule has 1 saturated heterocycles. The lowest BCUT2D eigenvalue weighted by Gasteiger charge is -2.30. The number of amides is 2. The number of carbonyl (C=O) groups excluding carboxylic acids is 2. The van der Waals surface area contributed by atoms with Gasteiger partial charge in [0.1, 0.15) is 13.2 Å². The van der Waals surface area contributed by atoms with Gasteiger partial charge in [0.05, 0.1) is 0 Å². The normalized spacial score (nSPS) is 16.5. The monoisotopic (exact) mass is 380 g/mol. The highest BCUT2D eigenvalue weighted by atomic mass is 16.6. The van der Waals surface area contributed by atoms with E-state index < -0.39 is 0 Å². The SMILES string of the molecule is CC1CCN(C(=O)c2cccc(C(=O)Nc3ccc4c(c3)OCCO4)c2)CC1. The van der Waals surface area contributed by atoms with Gasteiger partial charge in [-0.05, 0) is 49.1 Å². The molecule has 2 aromatic rings. The number of rotatable bonds is 3. The molecule has 146 valence electrons. The Morgan fingerprint density at radius 3 is 2.46 bits per heavy atom. The molecule has 0 spiro atoms. The molecule has 0 bridgehead atoms. The van der Waals surface area contributed by atoms with Crippen molar-refractivity contribution in [2.75, 3.05) is 31.6 Å². The summed E-state index contributed by atoms with van der Waals surface area (Å²) in [5, 5.41) is 2.86. The number of piperidine rings is 1. The van der Waals surface area contributed by atoms with Crippen LogP contribution in [0.4, 0.5) is 5.69 Å². The number of hydrogen-bond acceptors (Lipinski definition) is 4. The van der Waals surface area contributed by atoms with Gasteiger partial charge in [0.2, 0.25) is 0 Å². The lowest BCUT2D eigenvalue weighted by molar-refractivity contribution is 0.0697.